The first-order valence-electron chi connectivity index (χ1n) is 9.18. The van der Waals surface area contributed by atoms with Crippen LogP contribution in [0.3, 0.4) is 0 Å². The van der Waals surface area contributed by atoms with Crippen molar-refractivity contribution in [2.75, 3.05) is 13.7 Å². The van der Waals surface area contributed by atoms with E-state index in [1.165, 1.54) is 5.56 Å². The van der Waals surface area contributed by atoms with Crippen LogP contribution < -0.4 is 10.1 Å². The molecule has 0 saturated heterocycles. The molecule has 2 rings (SSSR count). The van der Waals surface area contributed by atoms with Gasteiger partial charge in [0, 0.05) is 30.7 Å². The minimum atomic E-state index is 0.0883. The predicted molar refractivity (Wildman–Crippen MR) is 110 cm³/mol. The monoisotopic (exact) mass is 367 g/mol. The maximum Gasteiger partial charge on any atom is 0.219 e. The molecule has 0 radical (unpaired) electrons. The molecule has 0 saturated carbocycles. The normalized spacial score (nSPS) is 10.6. The van der Waals surface area contributed by atoms with Crippen LogP contribution in [0.1, 0.15) is 43.9 Å². The number of carbonyl (C=O) groups is 1. The van der Waals surface area contributed by atoms with Crippen LogP contribution in [0.25, 0.3) is 0 Å². The van der Waals surface area contributed by atoms with Crippen molar-refractivity contribution < 1.29 is 14.6 Å². The first kappa shape index (κ1) is 22.3. The van der Waals surface area contributed by atoms with Crippen LogP contribution in [0.5, 0.6) is 5.75 Å². The highest BCUT2D eigenvalue weighted by Crippen LogP contribution is 2.12. The second-order valence-corrected chi connectivity index (χ2v) is 5.93. The van der Waals surface area contributed by atoms with Crippen molar-refractivity contribution in [2.45, 2.75) is 39.7 Å². The third kappa shape index (κ3) is 8.44. The minimum Gasteiger partial charge on any atom is -0.494 e. The molecule has 144 valence electrons. The molecule has 1 amide bonds. The molecule has 1 atom stereocenters. The third-order valence-corrected chi connectivity index (χ3v) is 3.74. The standard InChI is InChI=1S/C22H25NO2.CH4O/c1-4-22(24)23-17(3)16-20-10-8-18(9-11-20)6-7-19-12-14-21(15-13-19)25-5-2;1-2/h8-15,17H,4-5,16H2,1-3H3,(H,23,24);2H,1H3. The number of aliphatic hydroxyl groups excluding tert-OH is 1. The molecule has 0 bridgehead atoms. The second-order valence-electron chi connectivity index (χ2n) is 5.93. The molecule has 27 heavy (non-hydrogen) atoms. The van der Waals surface area contributed by atoms with Gasteiger partial charge >= 0.3 is 0 Å². The van der Waals surface area contributed by atoms with E-state index in [4.69, 9.17) is 9.84 Å². The third-order valence-electron chi connectivity index (χ3n) is 3.74. The summed E-state index contributed by atoms with van der Waals surface area (Å²) in [6, 6.07) is 16.1. The summed E-state index contributed by atoms with van der Waals surface area (Å²) in [5.41, 5.74) is 3.13. The first-order chi connectivity index (χ1) is 13.1. The maximum absolute atomic E-state index is 11.4. The highest BCUT2D eigenvalue weighted by Gasteiger charge is 2.06. The summed E-state index contributed by atoms with van der Waals surface area (Å²) in [6.45, 7) is 6.51. The number of ether oxygens (including phenoxy) is 1. The number of nitrogens with one attached hydrogen (secondary N) is 1. The maximum atomic E-state index is 11.4. The second kappa shape index (κ2) is 12.6. The van der Waals surface area contributed by atoms with E-state index in [1.807, 2.05) is 57.2 Å². The molecule has 0 aliphatic heterocycles. The summed E-state index contributed by atoms with van der Waals surface area (Å²) >= 11 is 0. The average Bonchev–Trinajstić information content (AvgIpc) is 2.70. The number of hydrogen-bond donors (Lipinski definition) is 2. The number of amides is 1. The highest BCUT2D eigenvalue weighted by molar-refractivity contribution is 5.75. The predicted octanol–water partition coefficient (Wildman–Crippen LogP) is 3.55. The lowest BCUT2D eigenvalue weighted by molar-refractivity contribution is -0.121. The summed E-state index contributed by atoms with van der Waals surface area (Å²) in [6.07, 6.45) is 1.34. The van der Waals surface area contributed by atoms with Gasteiger partial charge in [0.15, 0.2) is 0 Å². The van der Waals surface area contributed by atoms with Crippen LogP contribution in [-0.2, 0) is 11.2 Å². The summed E-state index contributed by atoms with van der Waals surface area (Å²) in [4.78, 5) is 11.4. The summed E-state index contributed by atoms with van der Waals surface area (Å²) in [5.74, 6) is 7.29. The quantitative estimate of drug-likeness (QED) is 0.768. The van der Waals surface area contributed by atoms with Gasteiger partial charge in [-0.3, -0.25) is 4.79 Å². The first-order valence-corrected chi connectivity index (χ1v) is 9.18. The fourth-order valence-electron chi connectivity index (χ4n) is 2.45. The Kier molecular flexibility index (Phi) is 10.4. The molecule has 0 aromatic heterocycles. The Hall–Kier alpha value is -2.77. The zero-order valence-corrected chi connectivity index (χ0v) is 16.6. The van der Waals surface area contributed by atoms with E-state index in [2.05, 4.69) is 29.3 Å². The Morgan fingerprint density at radius 3 is 2.00 bits per heavy atom. The molecule has 0 aliphatic rings. The molecular weight excluding hydrogens is 338 g/mol. The lowest BCUT2D eigenvalue weighted by Gasteiger charge is -2.13. The molecule has 4 nitrogen and oxygen atoms in total. The van der Waals surface area contributed by atoms with Gasteiger partial charge in [-0.25, -0.2) is 0 Å². The minimum absolute atomic E-state index is 0.0883. The van der Waals surface area contributed by atoms with E-state index in [1.54, 1.807) is 0 Å². The van der Waals surface area contributed by atoms with Crippen molar-refractivity contribution >= 4 is 5.91 Å². The molecule has 0 heterocycles. The lowest BCUT2D eigenvalue weighted by atomic mass is 10.0. The van der Waals surface area contributed by atoms with Gasteiger partial charge in [-0.15, -0.1) is 0 Å². The number of carbonyl (C=O) groups excluding carboxylic acids is 1. The topological polar surface area (TPSA) is 58.6 Å². The van der Waals surface area contributed by atoms with E-state index in [0.29, 0.717) is 13.0 Å². The van der Waals surface area contributed by atoms with Crippen molar-refractivity contribution in [1.82, 2.24) is 5.32 Å². The van der Waals surface area contributed by atoms with Crippen molar-refractivity contribution in [2.24, 2.45) is 0 Å². The summed E-state index contributed by atoms with van der Waals surface area (Å²) in [5, 5.41) is 9.98. The van der Waals surface area contributed by atoms with Crippen LogP contribution in [-0.4, -0.2) is 30.8 Å². The molecule has 2 aromatic rings. The van der Waals surface area contributed by atoms with E-state index in [0.717, 1.165) is 30.4 Å². The molecule has 0 aliphatic carbocycles. The van der Waals surface area contributed by atoms with E-state index < -0.39 is 0 Å². The zero-order chi connectivity index (χ0) is 20.1. The van der Waals surface area contributed by atoms with Crippen molar-refractivity contribution in [3.63, 3.8) is 0 Å². The van der Waals surface area contributed by atoms with Gasteiger partial charge in [0.05, 0.1) is 6.61 Å². The highest BCUT2D eigenvalue weighted by atomic mass is 16.5. The van der Waals surface area contributed by atoms with Crippen molar-refractivity contribution in [3.05, 3.63) is 65.2 Å². The van der Waals surface area contributed by atoms with Gasteiger partial charge in [0.2, 0.25) is 5.91 Å². The van der Waals surface area contributed by atoms with Gasteiger partial charge in [-0.2, -0.15) is 0 Å². The summed E-state index contributed by atoms with van der Waals surface area (Å²) in [7, 11) is 1.00. The molecule has 4 heteroatoms. The zero-order valence-electron chi connectivity index (χ0n) is 16.6. The van der Waals surface area contributed by atoms with Crippen LogP contribution in [0.2, 0.25) is 0 Å². The Bertz CT molecular complexity index is 740. The van der Waals surface area contributed by atoms with Crippen molar-refractivity contribution in [1.29, 1.82) is 0 Å². The van der Waals surface area contributed by atoms with Crippen LogP contribution >= 0.6 is 0 Å². The number of rotatable bonds is 6. The molecule has 0 fully saturated rings. The molecule has 2 N–H and O–H groups in total. The largest absolute Gasteiger partial charge is 0.494 e. The van der Waals surface area contributed by atoms with Gasteiger partial charge in [0.1, 0.15) is 5.75 Å². The van der Waals surface area contributed by atoms with Crippen LogP contribution in [0.4, 0.5) is 0 Å². The fourth-order valence-corrected chi connectivity index (χ4v) is 2.45. The molecule has 1 unspecified atom stereocenters. The van der Waals surface area contributed by atoms with Crippen molar-refractivity contribution in [3.8, 4) is 17.6 Å². The molecular formula is C23H29NO3. The van der Waals surface area contributed by atoms with E-state index >= 15 is 0 Å². The van der Waals surface area contributed by atoms with Crippen LogP contribution in [0.15, 0.2) is 48.5 Å². The van der Waals surface area contributed by atoms with Gasteiger partial charge in [-0.05, 0) is 62.2 Å². The summed E-state index contributed by atoms with van der Waals surface area (Å²) < 4.78 is 5.43. The Morgan fingerprint density at radius 2 is 1.52 bits per heavy atom. The van der Waals surface area contributed by atoms with E-state index in [9.17, 15) is 4.79 Å². The molecule has 0 spiro atoms. The van der Waals surface area contributed by atoms with Crippen LogP contribution in [0, 0.1) is 11.8 Å². The van der Waals surface area contributed by atoms with Gasteiger partial charge < -0.3 is 15.2 Å². The van der Waals surface area contributed by atoms with E-state index in [-0.39, 0.29) is 11.9 Å². The van der Waals surface area contributed by atoms with Gasteiger partial charge in [0.25, 0.3) is 0 Å². The Balaban J connectivity index is 0.00000176. The Morgan fingerprint density at radius 1 is 1.00 bits per heavy atom. The fraction of sp³-hybridized carbons (Fsp3) is 0.348. The average molecular weight is 367 g/mol. The lowest BCUT2D eigenvalue weighted by Crippen LogP contribution is -2.33. The molecule has 2 aromatic carbocycles. The Labute approximate surface area is 162 Å². The number of aliphatic hydroxyl groups is 1. The van der Waals surface area contributed by atoms with Gasteiger partial charge in [-0.1, -0.05) is 30.9 Å². The SMILES string of the molecule is CCOc1ccc(C#Cc2ccc(CC(C)NC(=O)CC)cc2)cc1.CO. The number of hydrogen-bond acceptors (Lipinski definition) is 3. The number of benzene rings is 2. The smallest absolute Gasteiger partial charge is 0.219 e.